The molecule has 0 fully saturated rings. The number of aryl methyl sites for hydroxylation is 1. The van der Waals surface area contributed by atoms with Crippen molar-refractivity contribution in [3.05, 3.63) is 30.0 Å². The summed E-state index contributed by atoms with van der Waals surface area (Å²) < 4.78 is 0. The Bertz CT molecular complexity index is 557. The summed E-state index contributed by atoms with van der Waals surface area (Å²) in [6, 6.07) is 7.90. The summed E-state index contributed by atoms with van der Waals surface area (Å²) in [4.78, 5) is 10.5. The summed E-state index contributed by atoms with van der Waals surface area (Å²) in [6.45, 7) is 1.92. The van der Waals surface area contributed by atoms with Crippen molar-refractivity contribution in [2.45, 2.75) is 18.4 Å². The van der Waals surface area contributed by atoms with Gasteiger partial charge in [-0.1, -0.05) is 24.3 Å². The maximum absolute atomic E-state index is 10.5. The highest BCUT2D eigenvalue weighted by molar-refractivity contribution is 7.99. The van der Waals surface area contributed by atoms with Crippen molar-refractivity contribution in [1.29, 1.82) is 0 Å². The first-order valence-corrected chi connectivity index (χ1v) is 6.23. The smallest absolute Gasteiger partial charge is 0.304 e. The predicted molar refractivity (Wildman–Crippen MR) is 67.3 cm³/mol. The minimum absolute atomic E-state index is 0.133. The van der Waals surface area contributed by atoms with Crippen molar-refractivity contribution in [3.63, 3.8) is 0 Å². The molecule has 0 bridgehead atoms. The zero-order valence-electron chi connectivity index (χ0n) is 9.38. The van der Waals surface area contributed by atoms with Crippen LogP contribution in [0.15, 0.2) is 29.3 Å². The van der Waals surface area contributed by atoms with Crippen LogP contribution in [0.2, 0.25) is 0 Å². The van der Waals surface area contributed by atoms with Crippen LogP contribution in [-0.2, 0) is 4.79 Å². The molecule has 88 valence electrons. The van der Waals surface area contributed by atoms with Gasteiger partial charge in [-0.05, 0) is 6.92 Å². The van der Waals surface area contributed by atoms with E-state index in [2.05, 4.69) is 10.2 Å². The summed E-state index contributed by atoms with van der Waals surface area (Å²) in [5, 5.41) is 19.7. The number of carboxylic acids is 1. The largest absolute Gasteiger partial charge is 0.481 e. The lowest BCUT2D eigenvalue weighted by molar-refractivity contribution is -0.136. The number of carboxylic acid groups (broad SMARTS) is 1. The molecule has 0 atom stereocenters. The second-order valence-electron chi connectivity index (χ2n) is 3.63. The molecule has 0 aliphatic rings. The number of hydrogen-bond acceptors (Lipinski definition) is 4. The number of hydrogen-bond donors (Lipinski definition) is 1. The lowest BCUT2D eigenvalue weighted by Crippen LogP contribution is -1.97. The normalized spacial score (nSPS) is 10.6. The fourth-order valence-corrected chi connectivity index (χ4v) is 2.46. The van der Waals surface area contributed by atoms with E-state index in [0.29, 0.717) is 5.75 Å². The van der Waals surface area contributed by atoms with Gasteiger partial charge >= 0.3 is 5.97 Å². The third-order valence-corrected chi connectivity index (χ3v) is 3.38. The Morgan fingerprint density at radius 3 is 2.71 bits per heavy atom. The van der Waals surface area contributed by atoms with Gasteiger partial charge in [0.15, 0.2) is 0 Å². The number of aliphatic carboxylic acids is 1. The van der Waals surface area contributed by atoms with E-state index >= 15 is 0 Å². The number of aromatic nitrogens is 2. The first-order valence-electron chi connectivity index (χ1n) is 5.25. The molecule has 0 radical (unpaired) electrons. The summed E-state index contributed by atoms with van der Waals surface area (Å²) in [6.07, 6.45) is 0.133. The fraction of sp³-hybridized carbons (Fsp3) is 0.250. The molecule has 0 saturated heterocycles. The molecule has 5 heteroatoms. The molecule has 1 N–H and O–H groups in total. The number of thioether (sulfide) groups is 1. The summed E-state index contributed by atoms with van der Waals surface area (Å²) in [5.41, 5.74) is 0.892. The van der Waals surface area contributed by atoms with E-state index in [1.54, 1.807) is 0 Å². The van der Waals surface area contributed by atoms with Crippen LogP contribution in [0.4, 0.5) is 0 Å². The van der Waals surface area contributed by atoms with Crippen LogP contribution in [0.1, 0.15) is 12.1 Å². The van der Waals surface area contributed by atoms with Crippen LogP contribution in [0.5, 0.6) is 0 Å². The maximum atomic E-state index is 10.5. The fourth-order valence-electron chi connectivity index (χ4n) is 1.55. The van der Waals surface area contributed by atoms with Gasteiger partial charge < -0.3 is 5.11 Å². The van der Waals surface area contributed by atoms with E-state index in [0.717, 1.165) is 21.5 Å². The first kappa shape index (κ1) is 11.9. The molecule has 0 aliphatic heterocycles. The van der Waals surface area contributed by atoms with Crippen molar-refractivity contribution in [3.8, 4) is 0 Å². The van der Waals surface area contributed by atoms with Crippen LogP contribution in [0.25, 0.3) is 10.8 Å². The van der Waals surface area contributed by atoms with Gasteiger partial charge in [-0.25, -0.2) is 0 Å². The molecule has 2 rings (SSSR count). The molecule has 17 heavy (non-hydrogen) atoms. The maximum Gasteiger partial charge on any atom is 0.304 e. The molecule has 0 amide bonds. The summed E-state index contributed by atoms with van der Waals surface area (Å²) in [7, 11) is 0. The van der Waals surface area contributed by atoms with Crippen LogP contribution in [0.3, 0.4) is 0 Å². The zero-order chi connectivity index (χ0) is 12.3. The third-order valence-electron chi connectivity index (χ3n) is 2.39. The summed E-state index contributed by atoms with van der Waals surface area (Å²) in [5.74, 6) is -0.279. The van der Waals surface area contributed by atoms with Crippen molar-refractivity contribution < 1.29 is 9.90 Å². The van der Waals surface area contributed by atoms with E-state index in [1.807, 2.05) is 31.2 Å². The van der Waals surface area contributed by atoms with Crippen molar-refractivity contribution in [2.24, 2.45) is 0 Å². The van der Waals surface area contributed by atoms with E-state index in [4.69, 9.17) is 5.11 Å². The van der Waals surface area contributed by atoms with Gasteiger partial charge in [0.05, 0.1) is 12.1 Å². The Morgan fingerprint density at radius 1 is 1.29 bits per heavy atom. The van der Waals surface area contributed by atoms with Crippen LogP contribution >= 0.6 is 11.8 Å². The minimum atomic E-state index is -0.790. The highest BCUT2D eigenvalue weighted by atomic mass is 32.2. The van der Waals surface area contributed by atoms with Crippen molar-refractivity contribution in [1.82, 2.24) is 10.2 Å². The molecular formula is C12H12N2O2S. The average Bonchev–Trinajstić information content (AvgIpc) is 2.32. The number of fused-ring (bicyclic) bond motifs is 1. The number of nitrogens with zero attached hydrogens (tertiary/aromatic N) is 2. The van der Waals surface area contributed by atoms with Crippen LogP contribution in [-0.4, -0.2) is 27.0 Å². The molecule has 1 aromatic heterocycles. The van der Waals surface area contributed by atoms with Gasteiger partial charge in [0.25, 0.3) is 0 Å². The molecule has 0 spiro atoms. The molecule has 0 aliphatic carbocycles. The van der Waals surface area contributed by atoms with Gasteiger partial charge in [0, 0.05) is 16.5 Å². The lowest BCUT2D eigenvalue weighted by Gasteiger charge is -2.05. The number of rotatable bonds is 4. The second-order valence-corrected chi connectivity index (χ2v) is 4.71. The Hall–Kier alpha value is -1.62. The highest BCUT2D eigenvalue weighted by Gasteiger charge is 2.07. The molecule has 1 heterocycles. The van der Waals surface area contributed by atoms with Gasteiger partial charge in [-0.3, -0.25) is 4.79 Å². The van der Waals surface area contributed by atoms with E-state index in [9.17, 15) is 4.79 Å². The van der Waals surface area contributed by atoms with Crippen LogP contribution in [0, 0.1) is 6.92 Å². The molecule has 0 saturated carbocycles. The van der Waals surface area contributed by atoms with E-state index in [-0.39, 0.29) is 6.42 Å². The van der Waals surface area contributed by atoms with Gasteiger partial charge in [0.1, 0.15) is 5.03 Å². The van der Waals surface area contributed by atoms with Gasteiger partial charge in [-0.2, -0.15) is 5.10 Å². The van der Waals surface area contributed by atoms with Gasteiger partial charge in [0.2, 0.25) is 0 Å². The monoisotopic (exact) mass is 248 g/mol. The molecule has 2 aromatic rings. The Morgan fingerprint density at radius 2 is 2.00 bits per heavy atom. The van der Waals surface area contributed by atoms with E-state index in [1.165, 1.54) is 11.8 Å². The highest BCUT2D eigenvalue weighted by Crippen LogP contribution is 2.26. The van der Waals surface area contributed by atoms with E-state index < -0.39 is 5.97 Å². The SMILES string of the molecule is Cc1nnc(SCCC(=O)O)c2ccccc12. The molecule has 0 unspecified atom stereocenters. The van der Waals surface area contributed by atoms with Crippen molar-refractivity contribution >= 4 is 28.5 Å². The molecule has 4 nitrogen and oxygen atoms in total. The number of carbonyl (C=O) groups is 1. The first-order chi connectivity index (χ1) is 8.18. The minimum Gasteiger partial charge on any atom is -0.481 e. The van der Waals surface area contributed by atoms with Crippen molar-refractivity contribution in [2.75, 3.05) is 5.75 Å². The standard InChI is InChI=1S/C12H12N2O2S/c1-8-9-4-2-3-5-10(9)12(14-13-8)17-7-6-11(15)16/h2-5H,6-7H2,1H3,(H,15,16). The Kier molecular flexibility index (Phi) is 3.58. The predicted octanol–water partition coefficient (Wildman–Crippen LogP) is 2.51. The molecular weight excluding hydrogens is 236 g/mol. The average molecular weight is 248 g/mol. The number of benzene rings is 1. The zero-order valence-corrected chi connectivity index (χ0v) is 10.2. The summed E-state index contributed by atoms with van der Waals surface area (Å²) >= 11 is 1.43. The Balaban J connectivity index is 2.28. The van der Waals surface area contributed by atoms with Gasteiger partial charge in [-0.15, -0.1) is 16.9 Å². The lowest BCUT2D eigenvalue weighted by atomic mass is 10.1. The Labute approximate surface area is 103 Å². The quantitative estimate of drug-likeness (QED) is 0.842. The topological polar surface area (TPSA) is 63.1 Å². The van der Waals surface area contributed by atoms with Crippen LogP contribution < -0.4 is 0 Å². The second kappa shape index (κ2) is 5.14. The third kappa shape index (κ3) is 2.74. The molecule has 1 aromatic carbocycles.